The first-order valence-electron chi connectivity index (χ1n) is 3.58. The predicted molar refractivity (Wildman–Crippen MR) is 45.8 cm³/mol. The summed E-state index contributed by atoms with van der Waals surface area (Å²) in [5.74, 6) is 0.675. The van der Waals surface area contributed by atoms with Crippen LogP contribution in [0.3, 0.4) is 0 Å². The molecule has 0 N–H and O–H groups in total. The van der Waals surface area contributed by atoms with Gasteiger partial charge >= 0.3 is 0 Å². The third kappa shape index (κ3) is 2.95. The number of alkyl halides is 1. The summed E-state index contributed by atoms with van der Waals surface area (Å²) in [4.78, 5) is 2.15. The highest BCUT2D eigenvalue weighted by Crippen LogP contribution is 2.02. The first-order chi connectivity index (χ1) is 5.33. The lowest BCUT2D eigenvalue weighted by Crippen LogP contribution is -2.19. The molecule has 0 bridgehead atoms. The Labute approximate surface area is 71.7 Å². The highest BCUT2D eigenvalue weighted by molar-refractivity contribution is 6.18. The second kappa shape index (κ2) is 4.42. The molecule has 0 unspecified atom stereocenters. The maximum absolute atomic E-state index is 5.57. The fraction of sp³-hybridized carbons (Fsp3) is 0.500. The van der Waals surface area contributed by atoms with Gasteiger partial charge in [-0.3, -0.25) is 0 Å². The lowest BCUT2D eigenvalue weighted by molar-refractivity contribution is 0.346. The van der Waals surface area contributed by atoms with Crippen LogP contribution in [0, 0.1) is 0 Å². The summed E-state index contributed by atoms with van der Waals surface area (Å²) in [5.41, 5.74) is 1.19. The largest absolute Gasteiger partial charge is 0.472 e. The molecular weight excluding hydrogens is 162 g/mol. The van der Waals surface area contributed by atoms with Crippen LogP contribution in [-0.2, 0) is 6.54 Å². The van der Waals surface area contributed by atoms with E-state index in [-0.39, 0.29) is 0 Å². The molecule has 1 aromatic heterocycles. The molecule has 0 aliphatic heterocycles. The van der Waals surface area contributed by atoms with Crippen LogP contribution in [0.15, 0.2) is 23.0 Å². The standard InChI is InChI=1S/C8H12ClNO/c1-10(4-3-9)6-8-2-5-11-7-8/h2,5,7H,3-4,6H2,1H3. The van der Waals surface area contributed by atoms with Gasteiger partial charge in [0.1, 0.15) is 0 Å². The molecule has 0 aromatic carbocycles. The molecule has 11 heavy (non-hydrogen) atoms. The van der Waals surface area contributed by atoms with E-state index >= 15 is 0 Å². The van der Waals surface area contributed by atoms with Crippen molar-refractivity contribution in [3.05, 3.63) is 24.2 Å². The maximum Gasteiger partial charge on any atom is 0.0947 e. The van der Waals surface area contributed by atoms with E-state index < -0.39 is 0 Å². The van der Waals surface area contributed by atoms with E-state index in [4.69, 9.17) is 16.0 Å². The quantitative estimate of drug-likeness (QED) is 0.648. The second-order valence-electron chi connectivity index (χ2n) is 2.56. The SMILES string of the molecule is CN(CCCl)Cc1ccoc1. The van der Waals surface area contributed by atoms with Crippen LogP contribution >= 0.6 is 11.6 Å². The molecule has 0 saturated heterocycles. The third-order valence-electron chi connectivity index (χ3n) is 1.50. The molecule has 1 rings (SSSR count). The average Bonchev–Trinajstić information content (AvgIpc) is 2.40. The zero-order chi connectivity index (χ0) is 8.10. The Balaban J connectivity index is 2.31. The molecule has 0 aliphatic carbocycles. The Kier molecular flexibility index (Phi) is 3.46. The molecule has 0 atom stereocenters. The number of hydrogen-bond acceptors (Lipinski definition) is 2. The van der Waals surface area contributed by atoms with E-state index in [1.807, 2.05) is 13.1 Å². The first-order valence-corrected chi connectivity index (χ1v) is 4.12. The fourth-order valence-corrected chi connectivity index (χ4v) is 1.21. The van der Waals surface area contributed by atoms with Crippen molar-refractivity contribution in [3.63, 3.8) is 0 Å². The molecule has 3 heteroatoms. The molecule has 2 nitrogen and oxygen atoms in total. The molecule has 0 spiro atoms. The van der Waals surface area contributed by atoms with E-state index in [2.05, 4.69) is 4.90 Å². The van der Waals surface area contributed by atoms with Gasteiger partial charge in [-0.05, 0) is 13.1 Å². The van der Waals surface area contributed by atoms with Gasteiger partial charge < -0.3 is 9.32 Å². The van der Waals surface area contributed by atoms with Gasteiger partial charge in [-0.25, -0.2) is 0 Å². The third-order valence-corrected chi connectivity index (χ3v) is 1.67. The van der Waals surface area contributed by atoms with Gasteiger partial charge in [0.25, 0.3) is 0 Å². The number of halogens is 1. The van der Waals surface area contributed by atoms with Gasteiger partial charge in [0.15, 0.2) is 0 Å². The molecule has 1 heterocycles. The first kappa shape index (κ1) is 8.62. The Bertz CT molecular complexity index is 186. The van der Waals surface area contributed by atoms with Crippen LogP contribution in [0.2, 0.25) is 0 Å². The molecular formula is C8H12ClNO. The minimum absolute atomic E-state index is 0.675. The number of nitrogens with zero attached hydrogens (tertiary/aromatic N) is 1. The molecule has 0 amide bonds. The van der Waals surface area contributed by atoms with Crippen LogP contribution in [0.5, 0.6) is 0 Å². The minimum atomic E-state index is 0.675. The molecule has 0 radical (unpaired) electrons. The highest BCUT2D eigenvalue weighted by atomic mass is 35.5. The van der Waals surface area contributed by atoms with Crippen molar-refractivity contribution in [1.29, 1.82) is 0 Å². The van der Waals surface area contributed by atoms with Crippen molar-refractivity contribution >= 4 is 11.6 Å². The normalized spacial score (nSPS) is 10.8. The van der Waals surface area contributed by atoms with Gasteiger partial charge in [-0.1, -0.05) is 0 Å². The maximum atomic E-state index is 5.57. The minimum Gasteiger partial charge on any atom is -0.472 e. The second-order valence-corrected chi connectivity index (χ2v) is 2.94. The van der Waals surface area contributed by atoms with Crippen LogP contribution in [0.25, 0.3) is 0 Å². The highest BCUT2D eigenvalue weighted by Gasteiger charge is 1.99. The summed E-state index contributed by atoms with van der Waals surface area (Å²) >= 11 is 5.57. The summed E-state index contributed by atoms with van der Waals surface area (Å²) in [5, 5.41) is 0. The van der Waals surface area contributed by atoms with E-state index in [0.717, 1.165) is 13.1 Å². The zero-order valence-corrected chi connectivity index (χ0v) is 7.34. The smallest absolute Gasteiger partial charge is 0.0947 e. The van der Waals surface area contributed by atoms with E-state index in [1.165, 1.54) is 5.56 Å². The van der Waals surface area contributed by atoms with Gasteiger partial charge in [-0.15, -0.1) is 11.6 Å². The summed E-state index contributed by atoms with van der Waals surface area (Å²) in [7, 11) is 2.04. The molecule has 62 valence electrons. The number of furan rings is 1. The molecule has 0 saturated carbocycles. The summed E-state index contributed by atoms with van der Waals surface area (Å²) in [6, 6.07) is 1.96. The lowest BCUT2D eigenvalue weighted by atomic mass is 10.3. The van der Waals surface area contributed by atoms with Crippen molar-refractivity contribution in [2.45, 2.75) is 6.54 Å². The zero-order valence-electron chi connectivity index (χ0n) is 6.59. The Morgan fingerprint density at radius 2 is 2.45 bits per heavy atom. The summed E-state index contributed by atoms with van der Waals surface area (Å²) in [6.45, 7) is 1.82. The van der Waals surface area contributed by atoms with Crippen molar-refractivity contribution in [1.82, 2.24) is 4.90 Å². The van der Waals surface area contributed by atoms with E-state index in [0.29, 0.717) is 5.88 Å². The van der Waals surface area contributed by atoms with E-state index in [1.54, 1.807) is 12.5 Å². The summed E-state index contributed by atoms with van der Waals surface area (Å²) in [6.07, 6.45) is 3.44. The Hall–Kier alpha value is -0.470. The van der Waals surface area contributed by atoms with Crippen molar-refractivity contribution < 1.29 is 4.42 Å². The Morgan fingerprint density at radius 1 is 1.64 bits per heavy atom. The monoisotopic (exact) mass is 173 g/mol. The molecule has 0 aliphatic rings. The fourth-order valence-electron chi connectivity index (χ4n) is 0.918. The number of hydrogen-bond donors (Lipinski definition) is 0. The topological polar surface area (TPSA) is 16.4 Å². The van der Waals surface area contributed by atoms with Crippen LogP contribution in [0.1, 0.15) is 5.56 Å². The summed E-state index contributed by atoms with van der Waals surface area (Å²) < 4.78 is 4.93. The van der Waals surface area contributed by atoms with Gasteiger partial charge in [0, 0.05) is 24.5 Å². The van der Waals surface area contributed by atoms with Crippen LogP contribution < -0.4 is 0 Å². The van der Waals surface area contributed by atoms with Crippen molar-refractivity contribution in [2.24, 2.45) is 0 Å². The predicted octanol–water partition coefficient (Wildman–Crippen LogP) is 1.95. The van der Waals surface area contributed by atoms with Crippen molar-refractivity contribution in [3.8, 4) is 0 Å². The van der Waals surface area contributed by atoms with Crippen LogP contribution in [-0.4, -0.2) is 24.4 Å². The number of rotatable bonds is 4. The van der Waals surface area contributed by atoms with Gasteiger partial charge in [-0.2, -0.15) is 0 Å². The molecule has 1 aromatic rings. The van der Waals surface area contributed by atoms with Crippen molar-refractivity contribution in [2.75, 3.05) is 19.5 Å². The van der Waals surface area contributed by atoms with Crippen LogP contribution in [0.4, 0.5) is 0 Å². The average molecular weight is 174 g/mol. The van der Waals surface area contributed by atoms with Gasteiger partial charge in [0.2, 0.25) is 0 Å². The van der Waals surface area contributed by atoms with Gasteiger partial charge in [0.05, 0.1) is 12.5 Å². The van der Waals surface area contributed by atoms with E-state index in [9.17, 15) is 0 Å². The lowest BCUT2D eigenvalue weighted by Gasteiger charge is -2.12. The Morgan fingerprint density at radius 3 is 3.00 bits per heavy atom. The molecule has 0 fully saturated rings.